The van der Waals surface area contributed by atoms with Crippen molar-refractivity contribution in [1.82, 2.24) is 9.88 Å². The molecule has 1 unspecified atom stereocenters. The average molecular weight is 372 g/mol. The molecular formula is C22H18N3O3. The topological polar surface area (TPSA) is 94.2 Å². The van der Waals surface area contributed by atoms with Crippen molar-refractivity contribution >= 4 is 11.8 Å². The molecule has 1 atom stereocenters. The first-order valence-electron chi connectivity index (χ1n) is 8.84. The molecular weight excluding hydrogens is 354 g/mol. The van der Waals surface area contributed by atoms with E-state index in [1.807, 2.05) is 18.2 Å². The Bertz CT molecular complexity index is 1120. The number of amides is 2. The molecule has 6 nitrogen and oxygen atoms in total. The third-order valence-corrected chi connectivity index (χ3v) is 5.00. The zero-order chi connectivity index (χ0) is 19.7. The van der Waals surface area contributed by atoms with E-state index in [1.165, 1.54) is 10.6 Å². The maximum absolute atomic E-state index is 12.8. The Morgan fingerprint density at radius 1 is 0.964 bits per heavy atom. The van der Waals surface area contributed by atoms with Crippen molar-refractivity contribution in [3.63, 3.8) is 0 Å². The summed E-state index contributed by atoms with van der Waals surface area (Å²) in [6.45, 7) is 0. The first-order chi connectivity index (χ1) is 13.5. The minimum Gasteiger partial charge on any atom is -0.367 e. The summed E-state index contributed by atoms with van der Waals surface area (Å²) in [4.78, 5) is 37.0. The van der Waals surface area contributed by atoms with Crippen molar-refractivity contribution < 1.29 is 9.59 Å². The molecule has 0 saturated heterocycles. The van der Waals surface area contributed by atoms with Gasteiger partial charge in [-0.25, -0.2) is 0 Å². The fourth-order valence-electron chi connectivity index (χ4n) is 3.53. The fourth-order valence-corrected chi connectivity index (χ4v) is 3.53. The molecule has 1 aliphatic rings. The minimum atomic E-state index is -1.33. The maximum Gasteiger partial charge on any atom is 0.255 e. The number of nitrogens with two attached hydrogens (primary N) is 1. The van der Waals surface area contributed by atoms with Crippen LogP contribution in [0, 0.1) is 6.42 Å². The van der Waals surface area contributed by atoms with Crippen molar-refractivity contribution in [1.29, 1.82) is 0 Å². The Morgan fingerprint density at radius 3 is 2.39 bits per heavy atom. The number of pyridine rings is 1. The van der Waals surface area contributed by atoms with E-state index >= 15 is 0 Å². The number of carbonyl (C=O) groups is 2. The number of hydrogen-bond donors (Lipinski definition) is 2. The van der Waals surface area contributed by atoms with E-state index in [2.05, 4.69) is 5.32 Å². The third kappa shape index (κ3) is 2.89. The van der Waals surface area contributed by atoms with Crippen molar-refractivity contribution in [3.8, 4) is 5.69 Å². The molecule has 2 amide bonds. The van der Waals surface area contributed by atoms with Crippen LogP contribution in [-0.2, 0) is 16.8 Å². The molecule has 0 saturated carbocycles. The van der Waals surface area contributed by atoms with Crippen LogP contribution in [0.2, 0.25) is 0 Å². The van der Waals surface area contributed by atoms with E-state index < -0.39 is 17.4 Å². The average Bonchev–Trinajstić information content (AvgIpc) is 3.08. The Morgan fingerprint density at radius 2 is 1.68 bits per heavy atom. The standard InChI is InChI=1S/C22H18N3O3/c23-21(28)22(13-12-15-5-1-2-6-18(15)22)24-20(27)16-8-10-17(11-9-16)25-14-4-3-7-19(25)26/h1-11,13-14H,12H2,(H2,23,28)(H,24,27). The van der Waals surface area contributed by atoms with Gasteiger partial charge in [-0.15, -0.1) is 0 Å². The summed E-state index contributed by atoms with van der Waals surface area (Å²) in [5.74, 6) is -1.04. The van der Waals surface area contributed by atoms with Gasteiger partial charge in [0.25, 0.3) is 11.5 Å². The Balaban J connectivity index is 1.62. The largest absolute Gasteiger partial charge is 0.367 e. The van der Waals surface area contributed by atoms with Crippen LogP contribution in [0.5, 0.6) is 0 Å². The first kappa shape index (κ1) is 17.7. The Kier molecular flexibility index (Phi) is 4.31. The third-order valence-electron chi connectivity index (χ3n) is 5.00. The zero-order valence-electron chi connectivity index (χ0n) is 15.0. The second kappa shape index (κ2) is 6.81. The smallest absolute Gasteiger partial charge is 0.255 e. The van der Waals surface area contributed by atoms with Gasteiger partial charge in [0, 0.05) is 29.9 Å². The molecule has 3 N–H and O–H groups in total. The normalized spacial score (nSPS) is 17.7. The lowest BCUT2D eigenvalue weighted by atomic mass is 9.90. The van der Waals surface area contributed by atoms with Gasteiger partial charge in [-0.05, 0) is 47.9 Å². The highest BCUT2D eigenvalue weighted by Crippen LogP contribution is 2.36. The molecule has 139 valence electrons. The van der Waals surface area contributed by atoms with Crippen LogP contribution in [0.15, 0.2) is 77.7 Å². The lowest BCUT2D eigenvalue weighted by Gasteiger charge is -2.28. The van der Waals surface area contributed by atoms with Crippen LogP contribution in [-0.4, -0.2) is 16.4 Å². The molecule has 2 aromatic carbocycles. The van der Waals surface area contributed by atoms with E-state index in [0.29, 0.717) is 23.2 Å². The fraction of sp³-hybridized carbons (Fsp3) is 0.0909. The van der Waals surface area contributed by atoms with Crippen LogP contribution in [0.3, 0.4) is 0 Å². The predicted octanol–water partition coefficient (Wildman–Crippen LogP) is 1.71. The van der Waals surface area contributed by atoms with E-state index in [4.69, 9.17) is 5.73 Å². The SMILES string of the molecule is NC(=O)C1(NC(=O)c2ccc(-n3ccccc3=O)cc2)[CH]Cc2ccccc21. The Labute approximate surface area is 161 Å². The quantitative estimate of drug-likeness (QED) is 0.730. The van der Waals surface area contributed by atoms with Gasteiger partial charge in [0.15, 0.2) is 0 Å². The van der Waals surface area contributed by atoms with Gasteiger partial charge in [-0.1, -0.05) is 30.3 Å². The van der Waals surface area contributed by atoms with Crippen molar-refractivity contribution in [2.45, 2.75) is 12.0 Å². The summed E-state index contributed by atoms with van der Waals surface area (Å²) in [6.07, 6.45) is 3.94. The minimum absolute atomic E-state index is 0.162. The number of nitrogens with zero attached hydrogens (tertiary/aromatic N) is 1. The van der Waals surface area contributed by atoms with E-state index in [9.17, 15) is 14.4 Å². The molecule has 0 aliphatic heterocycles. The number of nitrogens with one attached hydrogen (secondary N) is 1. The van der Waals surface area contributed by atoms with Gasteiger partial charge >= 0.3 is 0 Å². The van der Waals surface area contributed by atoms with E-state index in [-0.39, 0.29) is 5.56 Å². The zero-order valence-corrected chi connectivity index (χ0v) is 15.0. The number of aromatic nitrogens is 1. The van der Waals surface area contributed by atoms with E-state index in [0.717, 1.165) is 5.56 Å². The van der Waals surface area contributed by atoms with Crippen LogP contribution < -0.4 is 16.6 Å². The van der Waals surface area contributed by atoms with Gasteiger partial charge in [0.05, 0.1) is 0 Å². The molecule has 3 aromatic rings. The van der Waals surface area contributed by atoms with Gasteiger partial charge < -0.3 is 11.1 Å². The number of carbonyl (C=O) groups excluding carboxylic acids is 2. The van der Waals surface area contributed by atoms with Crippen LogP contribution >= 0.6 is 0 Å². The number of fused-ring (bicyclic) bond motifs is 1. The number of benzene rings is 2. The van der Waals surface area contributed by atoms with Crippen LogP contribution in [0.25, 0.3) is 5.69 Å². The molecule has 1 radical (unpaired) electrons. The van der Waals surface area contributed by atoms with Gasteiger partial charge in [-0.2, -0.15) is 0 Å². The summed E-state index contributed by atoms with van der Waals surface area (Å²) in [7, 11) is 0. The van der Waals surface area contributed by atoms with Gasteiger partial charge in [0.1, 0.15) is 5.54 Å². The summed E-state index contributed by atoms with van der Waals surface area (Å²) in [6, 6.07) is 18.9. The van der Waals surface area contributed by atoms with Crippen molar-refractivity contribution in [3.05, 3.63) is 106 Å². The predicted molar refractivity (Wildman–Crippen MR) is 105 cm³/mol. The number of rotatable bonds is 4. The van der Waals surface area contributed by atoms with E-state index in [1.54, 1.807) is 55.1 Å². The van der Waals surface area contributed by atoms with Crippen LogP contribution in [0.1, 0.15) is 21.5 Å². The monoisotopic (exact) mass is 372 g/mol. The second-order valence-electron chi connectivity index (χ2n) is 6.65. The molecule has 1 aliphatic carbocycles. The molecule has 28 heavy (non-hydrogen) atoms. The Hall–Kier alpha value is -3.67. The molecule has 1 aromatic heterocycles. The molecule has 6 heteroatoms. The first-order valence-corrected chi connectivity index (χ1v) is 8.84. The molecule has 0 spiro atoms. The van der Waals surface area contributed by atoms with Gasteiger partial charge in [-0.3, -0.25) is 19.0 Å². The highest BCUT2D eigenvalue weighted by molar-refractivity contribution is 6.00. The summed E-state index contributed by atoms with van der Waals surface area (Å²) in [5, 5.41) is 2.80. The number of hydrogen-bond acceptors (Lipinski definition) is 3. The molecule has 0 bridgehead atoms. The second-order valence-corrected chi connectivity index (χ2v) is 6.65. The summed E-state index contributed by atoms with van der Waals surface area (Å²) >= 11 is 0. The maximum atomic E-state index is 12.8. The van der Waals surface area contributed by atoms with Gasteiger partial charge in [0.2, 0.25) is 5.91 Å². The molecule has 1 heterocycles. The highest BCUT2D eigenvalue weighted by atomic mass is 16.2. The molecule has 0 fully saturated rings. The summed E-state index contributed by atoms with van der Waals surface area (Å²) < 4.78 is 1.48. The lowest BCUT2D eigenvalue weighted by Crippen LogP contribution is -2.53. The van der Waals surface area contributed by atoms with Crippen molar-refractivity contribution in [2.24, 2.45) is 5.73 Å². The summed E-state index contributed by atoms with van der Waals surface area (Å²) in [5.41, 5.74) is 6.84. The molecule has 4 rings (SSSR count). The van der Waals surface area contributed by atoms with Crippen LogP contribution in [0.4, 0.5) is 0 Å². The van der Waals surface area contributed by atoms with Crippen molar-refractivity contribution in [2.75, 3.05) is 0 Å². The number of primary amides is 1. The highest BCUT2D eigenvalue weighted by Gasteiger charge is 2.45. The lowest BCUT2D eigenvalue weighted by molar-refractivity contribution is -0.123.